The molecule has 2 heterocycles. The number of nitrogens with zero attached hydrogens (tertiary/aromatic N) is 4. The molecule has 0 saturated carbocycles. The average molecular weight is 400 g/mol. The van der Waals surface area contributed by atoms with Crippen LogP contribution in [0.25, 0.3) is 11.1 Å². The second kappa shape index (κ2) is 10.0. The van der Waals surface area contributed by atoms with E-state index in [0.29, 0.717) is 22.1 Å². The van der Waals surface area contributed by atoms with Crippen LogP contribution < -0.4 is 10.6 Å². The van der Waals surface area contributed by atoms with Crippen LogP contribution in [0.15, 0.2) is 30.6 Å². The summed E-state index contributed by atoms with van der Waals surface area (Å²) < 4.78 is 14.0. The third kappa shape index (κ3) is 5.04. The third-order valence-corrected chi connectivity index (χ3v) is 4.79. The molecule has 0 spiro atoms. The van der Waals surface area contributed by atoms with Gasteiger partial charge in [0.2, 0.25) is 5.95 Å². The van der Waals surface area contributed by atoms with Crippen molar-refractivity contribution in [2.75, 3.05) is 44.2 Å². The zero-order valence-corrected chi connectivity index (χ0v) is 16.1. The molecule has 8 heteroatoms. The van der Waals surface area contributed by atoms with Gasteiger partial charge in [-0.05, 0) is 38.1 Å². The van der Waals surface area contributed by atoms with Crippen molar-refractivity contribution < 1.29 is 4.39 Å². The second-order valence-electron chi connectivity index (χ2n) is 6.19. The number of rotatable bonds is 6. The molecule has 1 aromatic carbocycles. The minimum absolute atomic E-state index is 0. The first-order chi connectivity index (χ1) is 12.2. The molecule has 2 N–H and O–H groups in total. The van der Waals surface area contributed by atoms with Crippen molar-refractivity contribution in [3.63, 3.8) is 0 Å². The number of unbranched alkanes of at least 4 members (excludes halogenated alkanes) is 1. The highest BCUT2D eigenvalue weighted by molar-refractivity contribution is 6.33. The number of halogens is 3. The van der Waals surface area contributed by atoms with E-state index in [1.54, 1.807) is 24.5 Å². The molecule has 0 amide bonds. The lowest BCUT2D eigenvalue weighted by atomic mass is 10.1. The molecule has 1 aliphatic rings. The number of hydrogen-bond acceptors (Lipinski definition) is 5. The topological polar surface area (TPSA) is 58.3 Å². The van der Waals surface area contributed by atoms with Crippen LogP contribution in [0.3, 0.4) is 0 Å². The zero-order valence-electron chi connectivity index (χ0n) is 14.6. The highest BCUT2D eigenvalue weighted by atomic mass is 35.5. The highest BCUT2D eigenvalue weighted by Gasteiger charge is 2.19. The van der Waals surface area contributed by atoms with Gasteiger partial charge in [0.15, 0.2) is 0 Å². The maximum absolute atomic E-state index is 14.0. The number of nitrogens with two attached hydrogens (primary N) is 1. The van der Waals surface area contributed by atoms with Gasteiger partial charge < -0.3 is 10.6 Å². The fourth-order valence-electron chi connectivity index (χ4n) is 3.04. The standard InChI is InChI=1S/C18H23ClFN5.ClH/c19-15-4-3-5-16(20)17(15)14-12-22-18(23-13-14)25-10-8-24(9-11-25)7-2-1-6-21;/h3-5,12-13H,1-2,6-11,21H2;1H. The first-order valence-electron chi connectivity index (χ1n) is 8.63. The van der Waals surface area contributed by atoms with Crippen LogP contribution in [-0.2, 0) is 0 Å². The number of piperazine rings is 1. The van der Waals surface area contributed by atoms with Crippen molar-refractivity contribution in [2.24, 2.45) is 5.73 Å². The summed E-state index contributed by atoms with van der Waals surface area (Å²) in [5, 5.41) is 0.363. The predicted octanol–water partition coefficient (Wildman–Crippen LogP) is 3.22. The van der Waals surface area contributed by atoms with Gasteiger partial charge in [-0.25, -0.2) is 14.4 Å². The van der Waals surface area contributed by atoms with Gasteiger partial charge in [-0.1, -0.05) is 17.7 Å². The van der Waals surface area contributed by atoms with Crippen LogP contribution in [0.2, 0.25) is 5.02 Å². The summed E-state index contributed by atoms with van der Waals surface area (Å²) in [5.74, 6) is 0.313. The SMILES string of the molecule is Cl.NCCCCN1CCN(c2ncc(-c3c(F)cccc3Cl)cn2)CC1. The van der Waals surface area contributed by atoms with E-state index < -0.39 is 0 Å². The zero-order chi connectivity index (χ0) is 17.6. The molecule has 0 aliphatic carbocycles. The van der Waals surface area contributed by atoms with Gasteiger partial charge in [0.25, 0.3) is 0 Å². The lowest BCUT2D eigenvalue weighted by Crippen LogP contribution is -2.47. The van der Waals surface area contributed by atoms with Gasteiger partial charge in [0, 0.05) is 49.7 Å². The van der Waals surface area contributed by atoms with Crippen LogP contribution in [0.1, 0.15) is 12.8 Å². The van der Waals surface area contributed by atoms with E-state index in [9.17, 15) is 4.39 Å². The van der Waals surface area contributed by atoms with E-state index in [4.69, 9.17) is 17.3 Å². The van der Waals surface area contributed by atoms with Crippen molar-refractivity contribution in [1.29, 1.82) is 0 Å². The van der Waals surface area contributed by atoms with E-state index in [0.717, 1.165) is 52.1 Å². The predicted molar refractivity (Wildman–Crippen MR) is 107 cm³/mol. The Morgan fingerprint density at radius 1 is 1.08 bits per heavy atom. The molecule has 1 aromatic heterocycles. The molecule has 142 valence electrons. The molecule has 0 bridgehead atoms. The molecule has 3 rings (SSSR count). The summed E-state index contributed by atoms with van der Waals surface area (Å²) >= 11 is 6.10. The van der Waals surface area contributed by atoms with Gasteiger partial charge in [0.05, 0.1) is 5.02 Å². The summed E-state index contributed by atoms with van der Waals surface area (Å²) in [6.07, 6.45) is 5.50. The Hall–Kier alpha value is -1.47. The summed E-state index contributed by atoms with van der Waals surface area (Å²) in [6, 6.07) is 4.64. The first kappa shape index (κ1) is 20.8. The van der Waals surface area contributed by atoms with Crippen LogP contribution in [0.5, 0.6) is 0 Å². The summed E-state index contributed by atoms with van der Waals surface area (Å²) in [7, 11) is 0. The minimum atomic E-state index is -0.366. The highest BCUT2D eigenvalue weighted by Crippen LogP contribution is 2.30. The molecule has 2 aromatic rings. The van der Waals surface area contributed by atoms with E-state index >= 15 is 0 Å². The van der Waals surface area contributed by atoms with Crippen molar-refractivity contribution in [3.05, 3.63) is 41.4 Å². The summed E-state index contributed by atoms with van der Waals surface area (Å²) in [6.45, 7) is 5.62. The monoisotopic (exact) mass is 399 g/mol. The van der Waals surface area contributed by atoms with Crippen LogP contribution in [0, 0.1) is 5.82 Å². The van der Waals surface area contributed by atoms with Crippen molar-refractivity contribution in [2.45, 2.75) is 12.8 Å². The summed E-state index contributed by atoms with van der Waals surface area (Å²) in [5.41, 5.74) is 6.48. The average Bonchev–Trinajstić information content (AvgIpc) is 2.63. The van der Waals surface area contributed by atoms with Crippen LogP contribution >= 0.6 is 24.0 Å². The second-order valence-corrected chi connectivity index (χ2v) is 6.60. The molecule has 0 atom stereocenters. The first-order valence-corrected chi connectivity index (χ1v) is 9.00. The van der Waals surface area contributed by atoms with Gasteiger partial charge in [0.1, 0.15) is 5.82 Å². The summed E-state index contributed by atoms with van der Waals surface area (Å²) in [4.78, 5) is 13.4. The molecule has 0 unspecified atom stereocenters. The molecular formula is C18H24Cl2FN5. The molecule has 1 fully saturated rings. The van der Waals surface area contributed by atoms with E-state index in [-0.39, 0.29) is 18.2 Å². The van der Waals surface area contributed by atoms with Crippen molar-refractivity contribution >= 4 is 30.0 Å². The van der Waals surface area contributed by atoms with Crippen LogP contribution in [0.4, 0.5) is 10.3 Å². The molecular weight excluding hydrogens is 376 g/mol. The lowest BCUT2D eigenvalue weighted by Gasteiger charge is -2.34. The van der Waals surface area contributed by atoms with Crippen molar-refractivity contribution in [3.8, 4) is 11.1 Å². The third-order valence-electron chi connectivity index (χ3n) is 4.47. The number of anilines is 1. The van der Waals surface area contributed by atoms with Gasteiger partial charge in [-0.3, -0.25) is 4.90 Å². The Labute approximate surface area is 164 Å². The van der Waals surface area contributed by atoms with E-state index in [1.165, 1.54) is 6.07 Å². The Bertz CT molecular complexity index is 670. The largest absolute Gasteiger partial charge is 0.338 e. The Morgan fingerprint density at radius 3 is 2.38 bits per heavy atom. The van der Waals surface area contributed by atoms with Crippen LogP contribution in [-0.4, -0.2) is 54.1 Å². The molecule has 1 saturated heterocycles. The Morgan fingerprint density at radius 2 is 1.77 bits per heavy atom. The molecule has 0 radical (unpaired) electrons. The maximum Gasteiger partial charge on any atom is 0.225 e. The molecule has 1 aliphatic heterocycles. The fraction of sp³-hybridized carbons (Fsp3) is 0.444. The maximum atomic E-state index is 14.0. The molecule has 5 nitrogen and oxygen atoms in total. The normalized spacial score (nSPS) is 15.0. The minimum Gasteiger partial charge on any atom is -0.338 e. The fourth-order valence-corrected chi connectivity index (χ4v) is 3.31. The quantitative estimate of drug-likeness (QED) is 0.755. The lowest BCUT2D eigenvalue weighted by molar-refractivity contribution is 0.252. The van der Waals surface area contributed by atoms with Gasteiger partial charge in [-0.15, -0.1) is 12.4 Å². The van der Waals surface area contributed by atoms with E-state index in [2.05, 4.69) is 19.8 Å². The Balaban J connectivity index is 0.00000243. The van der Waals surface area contributed by atoms with E-state index in [1.807, 2.05) is 0 Å². The molecule has 26 heavy (non-hydrogen) atoms. The smallest absolute Gasteiger partial charge is 0.225 e. The van der Waals surface area contributed by atoms with Crippen molar-refractivity contribution in [1.82, 2.24) is 14.9 Å². The number of aromatic nitrogens is 2. The van der Waals surface area contributed by atoms with Gasteiger partial charge >= 0.3 is 0 Å². The van der Waals surface area contributed by atoms with Gasteiger partial charge in [-0.2, -0.15) is 0 Å². The number of hydrogen-bond donors (Lipinski definition) is 1. The number of benzene rings is 1. The Kier molecular flexibility index (Phi) is 8.03.